The molecule has 154 valence electrons. The van der Waals surface area contributed by atoms with Crippen molar-refractivity contribution in [3.05, 3.63) is 88.2 Å². The average molecular weight is 411 g/mol. The van der Waals surface area contributed by atoms with Crippen molar-refractivity contribution < 1.29 is 13.2 Å². The summed E-state index contributed by atoms with van der Waals surface area (Å²) in [5.41, 5.74) is 9.06. The summed E-state index contributed by atoms with van der Waals surface area (Å²) in [4.78, 5) is 16.9. The van der Waals surface area contributed by atoms with Gasteiger partial charge in [-0.1, -0.05) is 42.0 Å². The molecule has 0 spiro atoms. The van der Waals surface area contributed by atoms with Crippen molar-refractivity contribution in [3.63, 3.8) is 0 Å². The summed E-state index contributed by atoms with van der Waals surface area (Å²) >= 11 is 0. The second kappa shape index (κ2) is 9.30. The average Bonchev–Trinajstić information content (AvgIpc) is 2.69. The largest absolute Gasteiger partial charge is 0.416 e. The molecule has 0 bridgehead atoms. The first-order valence-electron chi connectivity index (χ1n) is 9.15. The van der Waals surface area contributed by atoms with Crippen LogP contribution in [0.5, 0.6) is 0 Å². The molecule has 0 atom stereocenters. The van der Waals surface area contributed by atoms with Gasteiger partial charge in [-0.3, -0.25) is 9.98 Å². The Labute approximate surface area is 172 Å². The van der Waals surface area contributed by atoms with E-state index in [0.717, 1.165) is 17.7 Å². The number of rotatable bonds is 6. The molecule has 2 aromatic carbocycles. The molecule has 5 nitrogen and oxygen atoms in total. The highest BCUT2D eigenvalue weighted by Gasteiger charge is 2.29. The van der Waals surface area contributed by atoms with Crippen LogP contribution in [0.3, 0.4) is 0 Å². The first-order valence-corrected chi connectivity index (χ1v) is 9.15. The number of nitrogens with two attached hydrogens (primary N) is 1. The highest BCUT2D eigenvalue weighted by Crippen LogP contribution is 2.28. The van der Waals surface area contributed by atoms with Crippen molar-refractivity contribution in [3.8, 4) is 0 Å². The van der Waals surface area contributed by atoms with Gasteiger partial charge in [0.2, 0.25) is 5.95 Å². The summed E-state index contributed by atoms with van der Waals surface area (Å²) < 4.78 is 37.8. The van der Waals surface area contributed by atoms with Gasteiger partial charge in [-0.15, -0.1) is 0 Å². The molecule has 0 unspecified atom stereocenters. The van der Waals surface area contributed by atoms with Crippen LogP contribution in [0.25, 0.3) is 0 Å². The lowest BCUT2D eigenvalue weighted by molar-refractivity contribution is -0.137. The molecule has 3 aromatic rings. The Morgan fingerprint density at radius 2 is 1.30 bits per heavy atom. The Balaban J connectivity index is 1.62. The Morgan fingerprint density at radius 3 is 1.77 bits per heavy atom. The predicted molar refractivity (Wildman–Crippen MR) is 112 cm³/mol. The molecule has 0 aliphatic carbocycles. The van der Waals surface area contributed by atoms with Crippen LogP contribution < -0.4 is 5.73 Å². The number of aromatic nitrogens is 2. The molecule has 30 heavy (non-hydrogen) atoms. The molecule has 0 aliphatic rings. The van der Waals surface area contributed by atoms with E-state index in [2.05, 4.69) is 20.0 Å². The first-order chi connectivity index (χ1) is 14.3. The van der Waals surface area contributed by atoms with E-state index < -0.39 is 11.7 Å². The first kappa shape index (κ1) is 21.2. The van der Waals surface area contributed by atoms with Gasteiger partial charge >= 0.3 is 6.18 Å². The lowest BCUT2D eigenvalue weighted by Gasteiger charge is -2.05. The third-order valence-electron chi connectivity index (χ3n) is 4.15. The van der Waals surface area contributed by atoms with Gasteiger partial charge in [-0.2, -0.15) is 13.2 Å². The van der Waals surface area contributed by atoms with Crippen LogP contribution in [-0.2, 0) is 19.3 Å². The van der Waals surface area contributed by atoms with E-state index in [1.54, 1.807) is 12.3 Å². The summed E-state index contributed by atoms with van der Waals surface area (Å²) in [6.45, 7) is 2.59. The molecule has 2 N–H and O–H groups in total. The number of nitrogen functional groups attached to an aromatic ring is 1. The van der Waals surface area contributed by atoms with Crippen LogP contribution in [0.4, 0.5) is 19.1 Å². The Kier molecular flexibility index (Phi) is 6.56. The van der Waals surface area contributed by atoms with Crippen molar-refractivity contribution in [2.24, 2.45) is 9.98 Å². The van der Waals surface area contributed by atoms with Crippen molar-refractivity contribution in [2.45, 2.75) is 26.2 Å². The van der Waals surface area contributed by atoms with E-state index in [4.69, 9.17) is 5.73 Å². The zero-order valence-corrected chi connectivity index (χ0v) is 16.3. The minimum Gasteiger partial charge on any atom is -0.368 e. The van der Waals surface area contributed by atoms with Gasteiger partial charge in [0.25, 0.3) is 0 Å². The maximum Gasteiger partial charge on any atom is 0.416 e. The number of hydrogen-bond acceptors (Lipinski definition) is 5. The van der Waals surface area contributed by atoms with Crippen molar-refractivity contribution >= 4 is 18.4 Å². The maximum absolute atomic E-state index is 12.6. The third-order valence-corrected chi connectivity index (χ3v) is 4.15. The van der Waals surface area contributed by atoms with E-state index >= 15 is 0 Å². The van der Waals surface area contributed by atoms with E-state index in [1.807, 2.05) is 31.2 Å². The summed E-state index contributed by atoms with van der Waals surface area (Å²) in [6, 6.07) is 14.5. The molecule has 0 amide bonds. The normalized spacial score (nSPS) is 12.1. The Bertz CT molecular complexity index is 1040. The smallest absolute Gasteiger partial charge is 0.368 e. The fraction of sp³-hybridized carbons (Fsp3) is 0.182. The zero-order valence-electron chi connectivity index (χ0n) is 16.3. The number of hydrogen-bond donors (Lipinski definition) is 1. The highest BCUT2D eigenvalue weighted by molar-refractivity contribution is 5.80. The summed E-state index contributed by atoms with van der Waals surface area (Å²) in [6.07, 6.45) is -1.10. The number of benzene rings is 2. The fourth-order valence-corrected chi connectivity index (χ4v) is 2.64. The molecular formula is C22H20F3N5. The minimum atomic E-state index is -4.35. The third kappa shape index (κ3) is 6.23. The van der Waals surface area contributed by atoms with Crippen LogP contribution in [-0.4, -0.2) is 22.4 Å². The van der Waals surface area contributed by atoms with Crippen molar-refractivity contribution in [1.29, 1.82) is 0 Å². The van der Waals surface area contributed by atoms with Crippen molar-refractivity contribution in [1.82, 2.24) is 9.97 Å². The Morgan fingerprint density at radius 1 is 0.833 bits per heavy atom. The van der Waals surface area contributed by atoms with Crippen molar-refractivity contribution in [2.75, 3.05) is 5.73 Å². The quantitative estimate of drug-likeness (QED) is 0.601. The van der Waals surface area contributed by atoms with Crippen LogP contribution in [0.2, 0.25) is 0 Å². The molecule has 8 heteroatoms. The van der Waals surface area contributed by atoms with E-state index in [0.29, 0.717) is 23.5 Å². The minimum absolute atomic E-state index is 0.123. The molecule has 0 aliphatic heterocycles. The van der Waals surface area contributed by atoms with Gasteiger partial charge < -0.3 is 5.73 Å². The van der Waals surface area contributed by atoms with Crippen LogP contribution in [0, 0.1) is 6.92 Å². The van der Waals surface area contributed by atoms with E-state index in [1.165, 1.54) is 23.9 Å². The molecule has 0 saturated carbocycles. The van der Waals surface area contributed by atoms with Gasteiger partial charge in [0.05, 0.1) is 30.0 Å². The Hall–Kier alpha value is -3.55. The monoisotopic (exact) mass is 411 g/mol. The summed E-state index contributed by atoms with van der Waals surface area (Å²) in [7, 11) is 0. The predicted octanol–water partition coefficient (Wildman–Crippen LogP) is 4.62. The molecular weight excluding hydrogens is 391 g/mol. The summed E-state index contributed by atoms with van der Waals surface area (Å²) in [5, 5.41) is 0. The number of nitrogens with zero attached hydrogens (tertiary/aromatic N) is 4. The van der Waals surface area contributed by atoms with Gasteiger partial charge in [-0.05, 0) is 36.2 Å². The van der Waals surface area contributed by atoms with Gasteiger partial charge in [0.1, 0.15) is 0 Å². The second-order valence-corrected chi connectivity index (χ2v) is 6.68. The lowest BCUT2D eigenvalue weighted by atomic mass is 10.1. The lowest BCUT2D eigenvalue weighted by Crippen LogP contribution is -2.04. The SMILES string of the molecule is Cc1ccc(C=NCc2cc(CN=Cc3ccc(C(F)(F)F)cc3)nc(N)n2)cc1. The van der Waals surface area contributed by atoms with Crippen LogP contribution >= 0.6 is 0 Å². The summed E-state index contributed by atoms with van der Waals surface area (Å²) in [5.74, 6) is 0.123. The van der Waals surface area contributed by atoms with E-state index in [-0.39, 0.29) is 12.5 Å². The topological polar surface area (TPSA) is 76.5 Å². The number of anilines is 1. The highest BCUT2D eigenvalue weighted by atomic mass is 19.4. The molecule has 3 rings (SSSR count). The number of alkyl halides is 3. The van der Waals surface area contributed by atoms with Gasteiger partial charge in [-0.25, -0.2) is 9.97 Å². The van der Waals surface area contributed by atoms with Gasteiger partial charge in [0, 0.05) is 12.4 Å². The molecule has 1 heterocycles. The molecule has 0 fully saturated rings. The maximum atomic E-state index is 12.6. The van der Waals surface area contributed by atoms with Gasteiger partial charge in [0.15, 0.2) is 0 Å². The van der Waals surface area contributed by atoms with Crippen LogP contribution in [0.15, 0.2) is 64.6 Å². The second-order valence-electron chi connectivity index (χ2n) is 6.68. The molecule has 0 saturated heterocycles. The number of aryl methyl sites for hydroxylation is 1. The standard InChI is InChI=1S/C22H20F3N5/c1-15-2-4-16(5-3-15)11-27-13-19-10-20(30-21(26)29-19)14-28-12-17-6-8-18(9-7-17)22(23,24)25/h2-12H,13-14H2,1H3,(H2,26,29,30). The number of halogens is 3. The zero-order chi connectivity index (χ0) is 21.6. The molecule has 1 aromatic heterocycles. The van der Waals surface area contributed by atoms with E-state index in [9.17, 15) is 13.2 Å². The molecule has 0 radical (unpaired) electrons. The number of aliphatic imine (C=N–C) groups is 2. The fourth-order valence-electron chi connectivity index (χ4n) is 2.64. The van der Waals surface area contributed by atoms with Crippen LogP contribution in [0.1, 0.15) is 33.6 Å².